The summed E-state index contributed by atoms with van der Waals surface area (Å²) < 4.78 is 26.6. The molecule has 0 spiro atoms. The van der Waals surface area contributed by atoms with Crippen LogP contribution in [0.4, 0.5) is 0 Å². The van der Waals surface area contributed by atoms with Gasteiger partial charge in [-0.25, -0.2) is 8.42 Å². The molecule has 1 saturated carbocycles. The first-order valence-electron chi connectivity index (χ1n) is 7.21. The summed E-state index contributed by atoms with van der Waals surface area (Å²) in [6.45, 7) is 4.35. The van der Waals surface area contributed by atoms with Gasteiger partial charge in [0, 0.05) is 25.7 Å². The van der Waals surface area contributed by atoms with Crippen molar-refractivity contribution in [3.8, 4) is 0 Å². The third-order valence-electron chi connectivity index (χ3n) is 4.53. The monoisotopic (exact) mass is 274 g/mol. The Bertz CT molecular complexity index is 363. The maximum absolute atomic E-state index is 12.4. The van der Waals surface area contributed by atoms with Crippen LogP contribution in [-0.4, -0.2) is 56.1 Å². The standard InChI is InChI=1S/C13H26N2O2S/c1-3-13-10-15(9-8-14(13)2)18(16,17)11-12-6-4-5-7-12/h12-13H,3-11H2,1-2H3. The molecule has 18 heavy (non-hydrogen) atoms. The third kappa shape index (κ3) is 3.25. The van der Waals surface area contributed by atoms with E-state index in [-0.39, 0.29) is 0 Å². The predicted octanol–water partition coefficient (Wildman–Crippen LogP) is 1.53. The molecule has 2 rings (SSSR count). The van der Waals surface area contributed by atoms with Gasteiger partial charge in [0.15, 0.2) is 0 Å². The molecule has 2 aliphatic rings. The van der Waals surface area contributed by atoms with Crippen LogP contribution in [0.15, 0.2) is 0 Å². The van der Waals surface area contributed by atoms with Crippen LogP contribution >= 0.6 is 0 Å². The van der Waals surface area contributed by atoms with Gasteiger partial charge in [-0.1, -0.05) is 19.8 Å². The Balaban J connectivity index is 1.96. The Hall–Kier alpha value is -0.130. The Morgan fingerprint density at radius 1 is 1.17 bits per heavy atom. The van der Waals surface area contributed by atoms with Crippen molar-refractivity contribution in [2.75, 3.05) is 32.4 Å². The van der Waals surface area contributed by atoms with Gasteiger partial charge >= 0.3 is 0 Å². The molecule has 1 unspecified atom stereocenters. The summed E-state index contributed by atoms with van der Waals surface area (Å²) in [5, 5.41) is 0. The second kappa shape index (κ2) is 5.88. The SMILES string of the molecule is CCC1CN(S(=O)(=O)CC2CCCC2)CCN1C. The molecule has 1 heterocycles. The average molecular weight is 274 g/mol. The van der Waals surface area contributed by atoms with Crippen molar-refractivity contribution >= 4 is 10.0 Å². The summed E-state index contributed by atoms with van der Waals surface area (Å²) in [5.74, 6) is 0.794. The van der Waals surface area contributed by atoms with Crippen LogP contribution < -0.4 is 0 Å². The minimum Gasteiger partial charge on any atom is -0.301 e. The van der Waals surface area contributed by atoms with Crippen molar-refractivity contribution in [2.45, 2.75) is 45.1 Å². The Kier molecular flexibility index (Phi) is 4.67. The number of hydrogen-bond acceptors (Lipinski definition) is 3. The highest BCUT2D eigenvalue weighted by atomic mass is 32.2. The topological polar surface area (TPSA) is 40.6 Å². The smallest absolute Gasteiger partial charge is 0.214 e. The molecule has 1 aliphatic carbocycles. The summed E-state index contributed by atoms with van der Waals surface area (Å²) in [7, 11) is -0.934. The molecule has 5 heteroatoms. The molecule has 0 N–H and O–H groups in total. The van der Waals surface area contributed by atoms with Crippen LogP contribution in [-0.2, 0) is 10.0 Å². The Morgan fingerprint density at radius 2 is 1.83 bits per heavy atom. The lowest BCUT2D eigenvalue weighted by Gasteiger charge is -2.38. The van der Waals surface area contributed by atoms with E-state index in [9.17, 15) is 8.42 Å². The maximum Gasteiger partial charge on any atom is 0.214 e. The van der Waals surface area contributed by atoms with E-state index in [4.69, 9.17) is 0 Å². The number of rotatable bonds is 4. The highest BCUT2D eigenvalue weighted by molar-refractivity contribution is 7.89. The van der Waals surface area contributed by atoms with Crippen LogP contribution in [0, 0.1) is 5.92 Å². The molecule has 0 bridgehead atoms. The average Bonchev–Trinajstić information content (AvgIpc) is 2.81. The van der Waals surface area contributed by atoms with E-state index in [1.807, 2.05) is 0 Å². The van der Waals surface area contributed by atoms with Crippen molar-refractivity contribution in [3.63, 3.8) is 0 Å². The summed E-state index contributed by atoms with van der Waals surface area (Å²) in [5.41, 5.74) is 0. The lowest BCUT2D eigenvalue weighted by atomic mass is 10.1. The van der Waals surface area contributed by atoms with Gasteiger partial charge in [-0.3, -0.25) is 0 Å². The van der Waals surface area contributed by atoms with Crippen LogP contribution in [0.5, 0.6) is 0 Å². The van der Waals surface area contributed by atoms with E-state index in [0.29, 0.717) is 30.8 Å². The van der Waals surface area contributed by atoms with Gasteiger partial charge in [0.2, 0.25) is 10.0 Å². The Morgan fingerprint density at radius 3 is 2.44 bits per heavy atom. The molecule has 0 aromatic carbocycles. The molecule has 106 valence electrons. The normalized spacial score (nSPS) is 28.9. The van der Waals surface area contributed by atoms with Crippen LogP contribution in [0.2, 0.25) is 0 Å². The van der Waals surface area contributed by atoms with Crippen molar-refractivity contribution < 1.29 is 8.42 Å². The molecule has 0 amide bonds. The summed E-state index contributed by atoms with van der Waals surface area (Å²) in [6.07, 6.45) is 5.64. The highest BCUT2D eigenvalue weighted by Gasteiger charge is 2.32. The number of piperazine rings is 1. The third-order valence-corrected chi connectivity index (χ3v) is 6.54. The van der Waals surface area contributed by atoms with Gasteiger partial charge in [-0.15, -0.1) is 0 Å². The van der Waals surface area contributed by atoms with Gasteiger partial charge in [0.1, 0.15) is 0 Å². The molecule has 0 aromatic heterocycles. The number of sulfonamides is 1. The molecule has 1 atom stereocenters. The fourth-order valence-electron chi connectivity index (χ4n) is 3.19. The molecular weight excluding hydrogens is 248 g/mol. The molecule has 1 saturated heterocycles. The molecule has 2 fully saturated rings. The number of hydrogen-bond donors (Lipinski definition) is 0. The second-order valence-electron chi connectivity index (χ2n) is 5.83. The van der Waals surface area contributed by atoms with Gasteiger partial charge in [-0.05, 0) is 32.2 Å². The fraction of sp³-hybridized carbons (Fsp3) is 1.00. The van der Waals surface area contributed by atoms with Crippen molar-refractivity contribution in [1.82, 2.24) is 9.21 Å². The maximum atomic E-state index is 12.4. The minimum absolute atomic E-state index is 0.382. The van der Waals surface area contributed by atoms with E-state index < -0.39 is 10.0 Å². The quantitative estimate of drug-likeness (QED) is 0.780. The zero-order chi connectivity index (χ0) is 13.2. The first kappa shape index (κ1) is 14.3. The van der Waals surface area contributed by atoms with E-state index in [1.165, 1.54) is 12.8 Å². The van der Waals surface area contributed by atoms with E-state index >= 15 is 0 Å². The van der Waals surface area contributed by atoms with E-state index in [1.54, 1.807) is 4.31 Å². The van der Waals surface area contributed by atoms with Crippen LogP contribution in [0.3, 0.4) is 0 Å². The van der Waals surface area contributed by atoms with Gasteiger partial charge < -0.3 is 4.90 Å². The lowest BCUT2D eigenvalue weighted by Crippen LogP contribution is -2.53. The summed E-state index contributed by atoms with van der Waals surface area (Å²) in [4.78, 5) is 2.28. The molecule has 0 radical (unpaired) electrons. The largest absolute Gasteiger partial charge is 0.301 e. The van der Waals surface area contributed by atoms with Crippen molar-refractivity contribution in [1.29, 1.82) is 0 Å². The summed E-state index contributed by atoms with van der Waals surface area (Å²) in [6, 6.07) is 0.386. The van der Waals surface area contributed by atoms with E-state index in [2.05, 4.69) is 18.9 Å². The molecule has 4 nitrogen and oxygen atoms in total. The minimum atomic E-state index is -3.03. The number of nitrogens with zero attached hydrogens (tertiary/aromatic N) is 2. The zero-order valence-corrected chi connectivity index (χ0v) is 12.5. The predicted molar refractivity (Wildman–Crippen MR) is 74.0 cm³/mol. The number of likely N-dealkylation sites (N-methyl/N-ethyl adjacent to an activating group) is 1. The second-order valence-corrected chi connectivity index (χ2v) is 7.84. The van der Waals surface area contributed by atoms with Crippen molar-refractivity contribution in [2.24, 2.45) is 5.92 Å². The molecule has 1 aliphatic heterocycles. The van der Waals surface area contributed by atoms with Crippen molar-refractivity contribution in [3.05, 3.63) is 0 Å². The lowest BCUT2D eigenvalue weighted by molar-refractivity contribution is 0.143. The molecular formula is C13H26N2O2S. The summed E-state index contributed by atoms with van der Waals surface area (Å²) >= 11 is 0. The van der Waals surface area contributed by atoms with Crippen LogP contribution in [0.1, 0.15) is 39.0 Å². The highest BCUT2D eigenvalue weighted by Crippen LogP contribution is 2.27. The first-order valence-corrected chi connectivity index (χ1v) is 8.82. The first-order chi connectivity index (χ1) is 8.53. The van der Waals surface area contributed by atoms with Gasteiger partial charge in [-0.2, -0.15) is 4.31 Å². The van der Waals surface area contributed by atoms with E-state index in [0.717, 1.165) is 25.8 Å². The van der Waals surface area contributed by atoms with Gasteiger partial charge in [0.25, 0.3) is 0 Å². The Labute approximate surface area is 111 Å². The molecule has 0 aromatic rings. The zero-order valence-electron chi connectivity index (χ0n) is 11.6. The van der Waals surface area contributed by atoms with Gasteiger partial charge in [0.05, 0.1) is 5.75 Å². The fourth-order valence-corrected chi connectivity index (χ4v) is 5.09. The van der Waals surface area contributed by atoms with Crippen LogP contribution in [0.25, 0.3) is 0 Å².